The Morgan fingerprint density at radius 1 is 1.67 bits per heavy atom. The summed E-state index contributed by atoms with van der Waals surface area (Å²) in [5.41, 5.74) is 4.78. The number of carbonyl (C=O) groups excluding carboxylic acids is 1. The molecular weight excluding hydrogens is 80.0 g/mol. The molecule has 0 radical (unpaired) electrons. The molecule has 0 unspecified atom stereocenters. The summed E-state index contributed by atoms with van der Waals surface area (Å²) in [4.78, 5) is 11.5. The average Bonchev–Trinajstić information content (AvgIpc) is 2.06. The highest BCUT2D eigenvalue weighted by atomic mass is 16.2. The SMILES string of the molecule is NC(=O)N1CC1. The molecule has 1 saturated heterocycles. The number of nitrogens with two attached hydrogens (primary N) is 1. The number of urea groups is 1. The maximum Gasteiger partial charge on any atom is 0.314 e. The first kappa shape index (κ1) is 3.46. The highest BCUT2D eigenvalue weighted by Gasteiger charge is 2.20. The van der Waals surface area contributed by atoms with Crippen molar-refractivity contribution in [2.75, 3.05) is 13.1 Å². The second-order valence-electron chi connectivity index (χ2n) is 1.33. The molecule has 2 N–H and O–H groups in total. The Balaban J connectivity index is 2.31. The van der Waals surface area contributed by atoms with Crippen LogP contribution in [0.2, 0.25) is 0 Å². The van der Waals surface area contributed by atoms with Gasteiger partial charge in [-0.1, -0.05) is 0 Å². The van der Waals surface area contributed by atoms with Crippen LogP contribution in [-0.2, 0) is 0 Å². The number of hydrogen-bond acceptors (Lipinski definition) is 1. The van der Waals surface area contributed by atoms with E-state index in [1.807, 2.05) is 0 Å². The summed E-state index contributed by atoms with van der Waals surface area (Å²) < 4.78 is 0. The van der Waals surface area contributed by atoms with Gasteiger partial charge >= 0.3 is 6.03 Å². The van der Waals surface area contributed by atoms with Gasteiger partial charge in [0.25, 0.3) is 0 Å². The lowest BCUT2D eigenvalue weighted by atomic mass is 11.0. The van der Waals surface area contributed by atoms with E-state index >= 15 is 0 Å². The van der Waals surface area contributed by atoms with E-state index in [2.05, 4.69) is 0 Å². The number of rotatable bonds is 0. The van der Waals surface area contributed by atoms with E-state index in [1.165, 1.54) is 0 Å². The lowest BCUT2D eigenvalue weighted by Crippen LogP contribution is -2.17. The third-order valence-corrected chi connectivity index (χ3v) is 0.759. The molecule has 0 atom stereocenters. The first-order valence-electron chi connectivity index (χ1n) is 1.85. The van der Waals surface area contributed by atoms with Crippen molar-refractivity contribution in [2.24, 2.45) is 5.73 Å². The largest absolute Gasteiger partial charge is 0.351 e. The quantitative estimate of drug-likeness (QED) is 0.392. The molecule has 0 saturated carbocycles. The van der Waals surface area contributed by atoms with Crippen LogP contribution >= 0.6 is 0 Å². The zero-order valence-electron chi connectivity index (χ0n) is 3.35. The highest BCUT2D eigenvalue weighted by molar-refractivity contribution is 5.74. The zero-order chi connectivity index (χ0) is 4.57. The topological polar surface area (TPSA) is 46.1 Å². The predicted molar refractivity (Wildman–Crippen MR) is 21.2 cm³/mol. The van der Waals surface area contributed by atoms with E-state index in [9.17, 15) is 4.79 Å². The lowest BCUT2D eigenvalue weighted by Gasteiger charge is -1.85. The van der Waals surface area contributed by atoms with Crippen LogP contribution in [0.5, 0.6) is 0 Å². The van der Waals surface area contributed by atoms with Crippen molar-refractivity contribution in [1.82, 2.24) is 4.90 Å². The van der Waals surface area contributed by atoms with Gasteiger partial charge in [-0.2, -0.15) is 0 Å². The van der Waals surface area contributed by atoms with Gasteiger partial charge in [0, 0.05) is 13.1 Å². The van der Waals surface area contributed by atoms with Crippen molar-refractivity contribution in [3.63, 3.8) is 0 Å². The molecule has 6 heavy (non-hydrogen) atoms. The van der Waals surface area contributed by atoms with Crippen molar-refractivity contribution < 1.29 is 4.79 Å². The summed E-state index contributed by atoms with van der Waals surface area (Å²) in [6.45, 7) is 1.71. The second-order valence-corrected chi connectivity index (χ2v) is 1.33. The fourth-order valence-electron chi connectivity index (χ4n) is 0.270. The highest BCUT2D eigenvalue weighted by Crippen LogP contribution is 1.99. The summed E-state index contributed by atoms with van der Waals surface area (Å²) in [6, 6.07) is -0.296. The minimum atomic E-state index is -0.296. The minimum absolute atomic E-state index is 0.296. The standard InChI is InChI=1S/C3H6N2O/c4-3(6)5-1-2-5/h1-2H2,(H2,4,6). The van der Waals surface area contributed by atoms with Crippen molar-refractivity contribution in [1.29, 1.82) is 0 Å². The number of primary amides is 1. The third kappa shape index (κ3) is 0.429. The molecule has 1 fully saturated rings. The molecule has 2 amide bonds. The fraction of sp³-hybridized carbons (Fsp3) is 0.667. The molecule has 3 nitrogen and oxygen atoms in total. The monoisotopic (exact) mass is 86.0 g/mol. The van der Waals surface area contributed by atoms with Crippen LogP contribution in [0.25, 0.3) is 0 Å². The van der Waals surface area contributed by atoms with Gasteiger partial charge in [-0.05, 0) is 0 Å². The van der Waals surface area contributed by atoms with E-state index in [1.54, 1.807) is 4.90 Å². The van der Waals surface area contributed by atoms with E-state index in [0.717, 1.165) is 13.1 Å². The molecule has 0 aliphatic carbocycles. The van der Waals surface area contributed by atoms with Crippen LogP contribution in [0.4, 0.5) is 4.79 Å². The maximum absolute atomic E-state index is 9.91. The summed E-state index contributed by atoms with van der Waals surface area (Å²) in [5, 5.41) is 0. The molecule has 0 aromatic heterocycles. The molecule has 1 heterocycles. The van der Waals surface area contributed by atoms with Crippen LogP contribution < -0.4 is 5.73 Å². The Morgan fingerprint density at radius 2 is 2.17 bits per heavy atom. The fourth-order valence-corrected chi connectivity index (χ4v) is 0.270. The molecule has 0 aromatic rings. The van der Waals surface area contributed by atoms with Gasteiger partial charge < -0.3 is 10.6 Å². The number of amides is 2. The summed E-state index contributed by atoms with van der Waals surface area (Å²) in [7, 11) is 0. The van der Waals surface area contributed by atoms with Gasteiger partial charge in [-0.3, -0.25) is 0 Å². The van der Waals surface area contributed by atoms with Crippen LogP contribution in [0.15, 0.2) is 0 Å². The molecular formula is C3H6N2O. The molecule has 0 spiro atoms. The molecule has 1 rings (SSSR count). The lowest BCUT2D eigenvalue weighted by molar-refractivity contribution is 0.238. The van der Waals surface area contributed by atoms with Crippen molar-refractivity contribution in [3.05, 3.63) is 0 Å². The first-order valence-corrected chi connectivity index (χ1v) is 1.85. The third-order valence-electron chi connectivity index (χ3n) is 0.759. The van der Waals surface area contributed by atoms with Gasteiger partial charge in [0.05, 0.1) is 0 Å². The molecule has 0 bridgehead atoms. The average molecular weight is 86.1 g/mol. The first-order chi connectivity index (χ1) is 2.80. The maximum atomic E-state index is 9.91. The number of nitrogens with zero attached hydrogens (tertiary/aromatic N) is 1. The van der Waals surface area contributed by atoms with Gasteiger partial charge in [-0.15, -0.1) is 0 Å². The second kappa shape index (κ2) is 0.864. The van der Waals surface area contributed by atoms with Crippen molar-refractivity contribution in [2.45, 2.75) is 0 Å². The summed E-state index contributed by atoms with van der Waals surface area (Å²) >= 11 is 0. The van der Waals surface area contributed by atoms with Gasteiger partial charge in [-0.25, -0.2) is 4.79 Å². The molecule has 3 heteroatoms. The molecule has 34 valence electrons. The van der Waals surface area contributed by atoms with Crippen LogP contribution in [-0.4, -0.2) is 24.0 Å². The molecule has 1 aliphatic rings. The van der Waals surface area contributed by atoms with Gasteiger partial charge in [0.2, 0.25) is 0 Å². The van der Waals surface area contributed by atoms with Crippen LogP contribution in [0.1, 0.15) is 0 Å². The van der Waals surface area contributed by atoms with E-state index < -0.39 is 0 Å². The summed E-state index contributed by atoms with van der Waals surface area (Å²) in [5.74, 6) is 0. The number of carbonyl (C=O) groups is 1. The predicted octanol–water partition coefficient (Wildman–Crippen LogP) is -0.619. The smallest absolute Gasteiger partial charge is 0.314 e. The van der Waals surface area contributed by atoms with E-state index in [0.29, 0.717) is 0 Å². The van der Waals surface area contributed by atoms with Crippen molar-refractivity contribution >= 4 is 6.03 Å². The molecule has 0 aromatic carbocycles. The summed E-state index contributed by atoms with van der Waals surface area (Å²) in [6.07, 6.45) is 0. The Labute approximate surface area is 35.7 Å². The van der Waals surface area contributed by atoms with Crippen LogP contribution in [0.3, 0.4) is 0 Å². The molecule has 1 aliphatic heterocycles. The van der Waals surface area contributed by atoms with E-state index in [4.69, 9.17) is 5.73 Å². The minimum Gasteiger partial charge on any atom is -0.351 e. The Morgan fingerprint density at radius 3 is 2.17 bits per heavy atom. The number of hydrogen-bond donors (Lipinski definition) is 1. The Hall–Kier alpha value is -0.730. The van der Waals surface area contributed by atoms with Gasteiger partial charge in [0.1, 0.15) is 0 Å². The Bertz CT molecular complexity index is 76.9. The normalized spacial score (nSPS) is 17.7. The Kier molecular flexibility index (Phi) is 0.498. The van der Waals surface area contributed by atoms with E-state index in [-0.39, 0.29) is 6.03 Å². The van der Waals surface area contributed by atoms with Crippen LogP contribution in [0, 0.1) is 0 Å². The zero-order valence-corrected chi connectivity index (χ0v) is 3.35. The van der Waals surface area contributed by atoms with Crippen molar-refractivity contribution in [3.8, 4) is 0 Å². The van der Waals surface area contributed by atoms with Gasteiger partial charge in [0.15, 0.2) is 0 Å².